The van der Waals surface area contributed by atoms with Gasteiger partial charge in [-0.1, -0.05) is 43.3 Å². The lowest BCUT2D eigenvalue weighted by Gasteiger charge is -2.34. The first kappa shape index (κ1) is 18.4. The highest BCUT2D eigenvalue weighted by atomic mass is 35.5. The Morgan fingerprint density at radius 3 is 2.46 bits per heavy atom. The fourth-order valence-corrected chi connectivity index (χ4v) is 5.55. The minimum atomic E-state index is 0.531. The van der Waals surface area contributed by atoms with Crippen LogP contribution in [-0.4, -0.2) is 33.2 Å². The van der Waals surface area contributed by atoms with Crippen LogP contribution in [0.3, 0.4) is 0 Å². The molecule has 2 aromatic rings. The van der Waals surface area contributed by atoms with E-state index in [1.54, 1.807) is 15.4 Å². The molecular weight excluding hydrogens is 360 g/mol. The largest absolute Gasteiger partial charge is 0.328 e. The van der Waals surface area contributed by atoms with E-state index in [0.29, 0.717) is 12.0 Å². The zero-order valence-electron chi connectivity index (χ0n) is 15.9. The monoisotopic (exact) mass is 388 g/mol. The predicted octanol–water partition coefficient (Wildman–Crippen LogP) is 2.63. The van der Waals surface area contributed by atoms with Gasteiger partial charge in [-0.2, -0.15) is 0 Å². The molecule has 0 aromatic heterocycles. The standard InChI is InChI=1S/C22H27ClN2S/c1-15(2)16-4-6-22-19(13-16)20(25-10-8-24(3)9-11-25)14-17-12-18(23)5-7-21(17)26-22/h4-7,12-13,15,20H,8-11,14H2,1-3H3/p+2/t20-/m1/s1. The third kappa shape index (κ3) is 3.68. The second kappa shape index (κ2) is 7.55. The van der Waals surface area contributed by atoms with Crippen molar-refractivity contribution in [1.29, 1.82) is 0 Å². The minimum Gasteiger partial charge on any atom is -0.328 e. The molecule has 2 nitrogen and oxygen atoms in total. The van der Waals surface area contributed by atoms with E-state index in [9.17, 15) is 0 Å². The van der Waals surface area contributed by atoms with E-state index >= 15 is 0 Å². The van der Waals surface area contributed by atoms with Crippen LogP contribution in [0, 0.1) is 0 Å². The van der Waals surface area contributed by atoms with Gasteiger partial charge in [0.1, 0.15) is 32.2 Å². The second-order valence-electron chi connectivity index (χ2n) is 8.18. The van der Waals surface area contributed by atoms with Crippen LogP contribution >= 0.6 is 23.4 Å². The Morgan fingerprint density at radius 2 is 1.73 bits per heavy atom. The van der Waals surface area contributed by atoms with Crippen LogP contribution in [-0.2, 0) is 6.42 Å². The third-order valence-electron chi connectivity index (χ3n) is 5.98. The van der Waals surface area contributed by atoms with Crippen LogP contribution in [0.15, 0.2) is 46.2 Å². The first-order valence-corrected chi connectivity index (χ1v) is 11.0. The van der Waals surface area contributed by atoms with Gasteiger partial charge in [0.25, 0.3) is 0 Å². The van der Waals surface area contributed by atoms with Crippen molar-refractivity contribution in [1.82, 2.24) is 0 Å². The van der Waals surface area contributed by atoms with E-state index in [1.807, 2.05) is 17.8 Å². The second-order valence-corrected chi connectivity index (χ2v) is 9.70. The number of hydrogen-bond acceptors (Lipinski definition) is 1. The number of hydrogen-bond donors (Lipinski definition) is 2. The van der Waals surface area contributed by atoms with Gasteiger partial charge in [-0.05, 0) is 47.4 Å². The maximum Gasteiger partial charge on any atom is 0.127 e. The quantitative estimate of drug-likeness (QED) is 0.803. The Bertz CT molecular complexity index is 797. The van der Waals surface area contributed by atoms with Crippen molar-refractivity contribution in [2.75, 3.05) is 33.2 Å². The molecule has 0 radical (unpaired) electrons. The van der Waals surface area contributed by atoms with Crippen molar-refractivity contribution < 1.29 is 9.80 Å². The van der Waals surface area contributed by atoms with E-state index in [0.717, 1.165) is 11.4 Å². The molecule has 0 bridgehead atoms. The van der Waals surface area contributed by atoms with E-state index in [2.05, 4.69) is 51.2 Å². The van der Waals surface area contributed by atoms with Gasteiger partial charge >= 0.3 is 0 Å². The van der Waals surface area contributed by atoms with Crippen LogP contribution in [0.4, 0.5) is 0 Å². The molecule has 4 heteroatoms. The number of nitrogens with one attached hydrogen (secondary N) is 2. The third-order valence-corrected chi connectivity index (χ3v) is 7.43. The molecule has 0 spiro atoms. The normalized spacial score (nSPS) is 25.5. The molecule has 1 atom stereocenters. The lowest BCUT2D eigenvalue weighted by Crippen LogP contribution is -3.27. The summed E-state index contributed by atoms with van der Waals surface area (Å²) in [6.45, 7) is 9.62. The first-order chi connectivity index (χ1) is 12.5. The van der Waals surface area contributed by atoms with Gasteiger partial charge in [-0.3, -0.25) is 0 Å². The molecule has 4 rings (SSSR count). The SMILES string of the molecule is CC(C)c1ccc2c(c1)[C@H]([NH+]1CC[NH+](C)CC1)Cc1cc(Cl)ccc1S2. The summed E-state index contributed by atoms with van der Waals surface area (Å²) in [6, 6.07) is 14.1. The molecule has 0 amide bonds. The summed E-state index contributed by atoms with van der Waals surface area (Å²) in [5.74, 6) is 0.568. The molecule has 2 heterocycles. The molecule has 2 aliphatic rings. The Hall–Kier alpha value is -1.000. The zero-order chi connectivity index (χ0) is 18.3. The average Bonchev–Trinajstić information content (AvgIpc) is 2.78. The van der Waals surface area contributed by atoms with Crippen molar-refractivity contribution in [3.63, 3.8) is 0 Å². The highest BCUT2D eigenvalue weighted by Crippen LogP contribution is 2.41. The van der Waals surface area contributed by atoms with Crippen molar-refractivity contribution >= 4 is 23.4 Å². The first-order valence-electron chi connectivity index (χ1n) is 9.77. The van der Waals surface area contributed by atoms with Gasteiger partial charge in [0.05, 0.1) is 7.05 Å². The lowest BCUT2D eigenvalue weighted by atomic mass is 9.93. The van der Waals surface area contributed by atoms with Crippen molar-refractivity contribution in [3.05, 3.63) is 58.1 Å². The zero-order valence-corrected chi connectivity index (χ0v) is 17.5. The van der Waals surface area contributed by atoms with Crippen molar-refractivity contribution in [3.8, 4) is 0 Å². The maximum atomic E-state index is 6.34. The number of halogens is 1. The predicted molar refractivity (Wildman–Crippen MR) is 110 cm³/mol. The summed E-state index contributed by atoms with van der Waals surface area (Å²) in [5.41, 5.74) is 4.41. The van der Waals surface area contributed by atoms with Gasteiger partial charge < -0.3 is 9.80 Å². The summed E-state index contributed by atoms with van der Waals surface area (Å²) in [7, 11) is 2.32. The Morgan fingerprint density at radius 1 is 1.00 bits per heavy atom. The molecular formula is C22H29ClN2S+2. The summed E-state index contributed by atoms with van der Waals surface area (Å²) in [5, 5.41) is 0.856. The fourth-order valence-electron chi connectivity index (χ4n) is 4.26. The molecule has 1 fully saturated rings. The molecule has 0 aliphatic carbocycles. The van der Waals surface area contributed by atoms with Crippen LogP contribution in [0.5, 0.6) is 0 Å². The van der Waals surface area contributed by atoms with Crippen molar-refractivity contribution in [2.24, 2.45) is 0 Å². The minimum absolute atomic E-state index is 0.531. The Labute approximate surface area is 166 Å². The Kier molecular flexibility index (Phi) is 5.34. The summed E-state index contributed by atoms with van der Waals surface area (Å²) in [4.78, 5) is 6.20. The van der Waals surface area contributed by atoms with E-state index in [-0.39, 0.29) is 0 Å². The van der Waals surface area contributed by atoms with Crippen LogP contribution < -0.4 is 9.80 Å². The average molecular weight is 389 g/mol. The van der Waals surface area contributed by atoms with Crippen LogP contribution in [0.2, 0.25) is 5.02 Å². The van der Waals surface area contributed by atoms with Crippen LogP contribution in [0.1, 0.15) is 42.5 Å². The maximum absolute atomic E-state index is 6.34. The Balaban J connectivity index is 1.78. The summed E-state index contributed by atoms with van der Waals surface area (Å²) >= 11 is 8.26. The summed E-state index contributed by atoms with van der Waals surface area (Å²) in [6.07, 6.45) is 1.09. The van der Waals surface area contributed by atoms with Gasteiger partial charge in [-0.15, -0.1) is 0 Å². The highest BCUT2D eigenvalue weighted by molar-refractivity contribution is 7.99. The molecule has 2 aromatic carbocycles. The number of quaternary nitrogens is 2. The number of benzene rings is 2. The van der Waals surface area contributed by atoms with Gasteiger partial charge in [-0.25, -0.2) is 0 Å². The smallest absolute Gasteiger partial charge is 0.127 e. The van der Waals surface area contributed by atoms with E-state index in [1.165, 1.54) is 47.1 Å². The number of fused-ring (bicyclic) bond motifs is 2. The summed E-state index contributed by atoms with van der Waals surface area (Å²) < 4.78 is 0. The van der Waals surface area contributed by atoms with E-state index in [4.69, 9.17) is 11.6 Å². The van der Waals surface area contributed by atoms with Crippen molar-refractivity contribution in [2.45, 2.75) is 42.0 Å². The topological polar surface area (TPSA) is 8.88 Å². The molecule has 2 aliphatic heterocycles. The molecule has 26 heavy (non-hydrogen) atoms. The molecule has 138 valence electrons. The van der Waals surface area contributed by atoms with Gasteiger partial charge in [0, 0.05) is 26.8 Å². The van der Waals surface area contributed by atoms with Gasteiger partial charge in [0.2, 0.25) is 0 Å². The molecule has 0 saturated carbocycles. The highest BCUT2D eigenvalue weighted by Gasteiger charge is 2.34. The molecule has 2 N–H and O–H groups in total. The molecule has 1 saturated heterocycles. The van der Waals surface area contributed by atoms with E-state index < -0.39 is 0 Å². The number of rotatable bonds is 2. The van der Waals surface area contributed by atoms with Gasteiger partial charge in [0.15, 0.2) is 0 Å². The number of likely N-dealkylation sites (N-methyl/N-ethyl adjacent to an activating group) is 1. The molecule has 0 unspecified atom stereocenters. The number of piperazine rings is 1. The lowest BCUT2D eigenvalue weighted by molar-refractivity contribution is -1.02. The van der Waals surface area contributed by atoms with Crippen LogP contribution in [0.25, 0.3) is 0 Å². The fraction of sp³-hybridized carbons (Fsp3) is 0.455.